The first kappa shape index (κ1) is 96.3. The zero-order valence-electron chi connectivity index (χ0n) is 71.4. The van der Waals surface area contributed by atoms with E-state index in [2.05, 4.69) is 113 Å². The van der Waals surface area contributed by atoms with Crippen molar-refractivity contribution in [2.24, 2.45) is 0 Å². The Kier molecular flexibility index (Phi) is 51.4. The van der Waals surface area contributed by atoms with Crippen molar-refractivity contribution in [1.82, 2.24) is 0 Å². The van der Waals surface area contributed by atoms with Crippen molar-refractivity contribution in [3.8, 4) is 103 Å². The van der Waals surface area contributed by atoms with E-state index in [1.807, 2.05) is 91.0 Å². The summed E-state index contributed by atoms with van der Waals surface area (Å²) in [7, 11) is 0. The molecule has 0 unspecified atom stereocenters. The van der Waals surface area contributed by atoms with Gasteiger partial charge in [-0.15, -0.1) is 0 Å². The Hall–Kier alpha value is -6.55. The second kappa shape index (κ2) is 60.9. The molecular weight excluding hydrogens is 1660 g/mol. The summed E-state index contributed by atoms with van der Waals surface area (Å²) in [5.41, 5.74) is 0.800. The molecular formula is C96H143I2NO15. The van der Waals surface area contributed by atoms with Crippen molar-refractivity contribution < 1.29 is 71.1 Å². The van der Waals surface area contributed by atoms with Gasteiger partial charge >= 0.3 is 0 Å². The number of unbranched alkanes of at least 4 members (excludes halogenated alkanes) is 29. The number of hydrogen-bond acceptors (Lipinski definition) is 15. The highest BCUT2D eigenvalue weighted by Gasteiger charge is 2.28. The summed E-state index contributed by atoms with van der Waals surface area (Å²) in [5.74, 6) is 8.40. The molecule has 0 atom stereocenters. The van der Waals surface area contributed by atoms with Gasteiger partial charge in [0.25, 0.3) is 0 Å². The Labute approximate surface area is 714 Å². The molecule has 0 saturated heterocycles. The minimum Gasteiger partial charge on any atom is -0.492 e. The molecule has 114 heavy (non-hydrogen) atoms. The Balaban J connectivity index is 1.64. The van der Waals surface area contributed by atoms with E-state index in [-0.39, 0.29) is 23.2 Å². The molecule has 0 fully saturated rings. The van der Waals surface area contributed by atoms with Gasteiger partial charge in [0, 0.05) is 60.6 Å². The number of halogens is 2. The maximum absolute atomic E-state index is 12.8. The van der Waals surface area contributed by atoms with Crippen LogP contribution in [0.25, 0.3) is 0 Å². The number of hydrogen-bond donors (Lipinski definition) is 1. The summed E-state index contributed by atoms with van der Waals surface area (Å²) in [4.78, 5) is 12.8. The van der Waals surface area contributed by atoms with Crippen molar-refractivity contribution in [2.75, 3.05) is 71.4 Å². The van der Waals surface area contributed by atoms with Gasteiger partial charge in [-0.1, -0.05) is 254 Å². The Morgan fingerprint density at radius 3 is 0.781 bits per heavy atom. The van der Waals surface area contributed by atoms with Gasteiger partial charge in [0.1, 0.15) is 34.5 Å². The van der Waals surface area contributed by atoms with E-state index in [0.29, 0.717) is 153 Å². The van der Waals surface area contributed by atoms with Crippen LogP contribution in [-0.4, -0.2) is 72.0 Å². The fourth-order valence-electron chi connectivity index (χ4n) is 12.8. The molecule has 16 nitrogen and oxygen atoms in total. The van der Waals surface area contributed by atoms with E-state index in [0.717, 1.165) is 269 Å². The van der Waals surface area contributed by atoms with E-state index in [1.54, 1.807) is 0 Å². The smallest absolute Gasteiger partial charge is 0.224 e. The van der Waals surface area contributed by atoms with Crippen LogP contribution in [0.15, 0.2) is 91.0 Å². The van der Waals surface area contributed by atoms with Crippen molar-refractivity contribution in [1.29, 1.82) is 0 Å². The van der Waals surface area contributed by atoms with Crippen molar-refractivity contribution >= 4 is 56.8 Å². The van der Waals surface area contributed by atoms with Gasteiger partial charge in [0.05, 0.1) is 73.2 Å². The lowest BCUT2D eigenvalue weighted by molar-refractivity contribution is -0.116. The summed E-state index contributed by atoms with van der Waals surface area (Å²) in [6.45, 7) is 24.8. The summed E-state index contributed by atoms with van der Waals surface area (Å²) in [6.07, 6.45) is 39.8. The van der Waals surface area contributed by atoms with Crippen LogP contribution >= 0.6 is 45.2 Å². The molecule has 6 aromatic rings. The maximum Gasteiger partial charge on any atom is 0.224 e. The van der Waals surface area contributed by atoms with Crippen LogP contribution in [-0.2, 0) is 4.79 Å². The second-order valence-corrected chi connectivity index (χ2v) is 32.2. The van der Waals surface area contributed by atoms with Crippen LogP contribution in [0.2, 0.25) is 0 Å². The van der Waals surface area contributed by atoms with E-state index in [4.69, 9.17) is 66.3 Å². The third-order valence-corrected chi connectivity index (χ3v) is 21.2. The molecule has 1 amide bonds. The molecule has 0 aromatic heterocycles. The van der Waals surface area contributed by atoms with Crippen LogP contribution in [0, 0.1) is 7.14 Å². The summed E-state index contributed by atoms with van der Waals surface area (Å²) in [6, 6.07) is 28.7. The van der Waals surface area contributed by atoms with Crippen LogP contribution in [0.4, 0.5) is 5.69 Å². The zero-order chi connectivity index (χ0) is 81.3. The first-order valence-corrected chi connectivity index (χ1v) is 46.7. The quantitative estimate of drug-likeness (QED) is 0.0284. The average molecular weight is 1800 g/mol. The monoisotopic (exact) mass is 1800 g/mol. The molecule has 1 N–H and O–H groups in total. The van der Waals surface area contributed by atoms with E-state index < -0.39 is 0 Å². The van der Waals surface area contributed by atoms with Crippen molar-refractivity contribution in [2.45, 2.75) is 319 Å². The first-order valence-electron chi connectivity index (χ1n) is 44.5. The molecule has 6 rings (SSSR count). The highest BCUT2D eigenvalue weighted by molar-refractivity contribution is 14.1. The van der Waals surface area contributed by atoms with Gasteiger partial charge in [0.2, 0.25) is 28.9 Å². The third kappa shape index (κ3) is 38.2. The molecule has 18 heteroatoms. The minimum atomic E-state index is 0.00399. The molecule has 0 heterocycles. The van der Waals surface area contributed by atoms with E-state index in [9.17, 15) is 4.79 Å². The highest BCUT2D eigenvalue weighted by atomic mass is 127. The molecule has 0 bridgehead atoms. The van der Waals surface area contributed by atoms with Gasteiger partial charge in [-0.25, -0.2) is 0 Å². The van der Waals surface area contributed by atoms with E-state index >= 15 is 0 Å². The molecule has 0 radical (unpaired) electrons. The number of amides is 1. The second-order valence-electron chi connectivity index (χ2n) is 29.9. The summed E-state index contributed by atoms with van der Waals surface area (Å²) in [5, 5.41) is 3.00. The lowest BCUT2D eigenvalue weighted by Gasteiger charge is -2.23. The minimum absolute atomic E-state index is 0.00399. The standard InChI is InChI=1S/C96H143I2NO15/c1-10-19-28-42-56-102-84-65-76(66-85(103-57-43-29-20-11-2)93(84)108-62-48-34-25-16-7)112-90-71-78(111-83-74-80(97)82(73-81(83)98)101-55-51-38-41-54-92(100)99-75-52-39-37-40-53-75)72-91(113-77-67-86(104-58-44-30-21-12-3)94(109-63-49-35-26-17-8)87(68-77)105-59-45-31-22-13-4)96(90)114-79-69-88(106-60-46-32-23-14-5)95(110-64-50-36-27-18-9)89(70-79)107-61-47-33-24-15-6/h37,39-40,52-53,65-74H,10-36,38,41-51,54-64H2,1-9H3,(H,99,100). The van der Waals surface area contributed by atoms with Crippen LogP contribution in [0.3, 0.4) is 0 Å². The molecule has 0 spiro atoms. The Bertz CT molecular complexity index is 3310. The normalized spacial score (nSPS) is 11.1. The predicted molar refractivity (Wildman–Crippen MR) is 484 cm³/mol. The molecule has 6 aromatic carbocycles. The van der Waals surface area contributed by atoms with Crippen LogP contribution in [0.1, 0.15) is 319 Å². The molecule has 0 aliphatic rings. The molecule has 636 valence electrons. The number of rotatable bonds is 70. The highest BCUT2D eigenvalue weighted by Crippen LogP contribution is 2.54. The summed E-state index contributed by atoms with van der Waals surface area (Å²) < 4.78 is 99.4. The van der Waals surface area contributed by atoms with Gasteiger partial charge in [-0.2, -0.15) is 0 Å². The molecule has 0 aliphatic carbocycles. The van der Waals surface area contributed by atoms with E-state index in [1.165, 1.54) is 0 Å². The fourth-order valence-corrected chi connectivity index (χ4v) is 14.0. The number of nitrogens with one attached hydrogen (secondary N) is 1. The average Bonchev–Trinajstić information content (AvgIpc) is 0.779. The number of benzene rings is 6. The lowest BCUT2D eigenvalue weighted by Crippen LogP contribution is -2.11. The molecule has 0 saturated carbocycles. The Morgan fingerprint density at radius 2 is 0.482 bits per heavy atom. The van der Waals surface area contributed by atoms with Crippen molar-refractivity contribution in [3.05, 3.63) is 98.1 Å². The Morgan fingerprint density at radius 1 is 0.246 bits per heavy atom. The van der Waals surface area contributed by atoms with Crippen molar-refractivity contribution in [3.63, 3.8) is 0 Å². The largest absolute Gasteiger partial charge is 0.492 e. The van der Waals surface area contributed by atoms with Crippen LogP contribution in [0.5, 0.6) is 103 Å². The predicted octanol–water partition coefficient (Wildman–Crippen LogP) is 30.3. The molecule has 0 aliphatic heterocycles. The third-order valence-electron chi connectivity index (χ3n) is 19.5. The SMILES string of the molecule is CCCCCCOc1cc(Oc2cc(Oc3cc(I)c(OCCCCCC(=O)Nc4ccccc4)cc3I)cc(Oc3cc(OCCCCCC)c(OCCCCCC)c(OCCCCCC)c3)c2Oc2cc(OCCCCCC)c(OCCCCCC)c(OCCCCCC)c2)cc(OCCCCCC)c1OCCCCCC. The number of ether oxygens (including phenoxy) is 14. The topological polar surface area (TPSA) is 158 Å². The number of carbonyl (C=O) groups is 1. The number of carbonyl (C=O) groups excluding carboxylic acids is 1. The number of para-hydroxylation sites is 1. The summed E-state index contributed by atoms with van der Waals surface area (Å²) >= 11 is 4.64. The van der Waals surface area contributed by atoms with Crippen LogP contribution < -0.4 is 71.6 Å². The zero-order valence-corrected chi connectivity index (χ0v) is 75.7. The first-order chi connectivity index (χ1) is 56.0. The van der Waals surface area contributed by atoms with Gasteiger partial charge < -0.3 is 71.6 Å². The fraction of sp³-hybridized carbons (Fsp3) is 0.615. The van der Waals surface area contributed by atoms with Gasteiger partial charge in [-0.05, 0) is 146 Å². The van der Waals surface area contributed by atoms with Gasteiger partial charge in [-0.3, -0.25) is 4.79 Å². The lowest BCUT2D eigenvalue weighted by atomic mass is 10.2. The maximum atomic E-state index is 12.8. The van der Waals surface area contributed by atoms with Gasteiger partial charge in [0.15, 0.2) is 46.0 Å². The number of anilines is 1.